The topological polar surface area (TPSA) is 115 Å². The van der Waals surface area contributed by atoms with Crippen molar-refractivity contribution >= 4 is 17.3 Å². The smallest absolute Gasteiger partial charge is 0.271 e. The summed E-state index contributed by atoms with van der Waals surface area (Å²) in [6.07, 6.45) is 1.81. The zero-order chi connectivity index (χ0) is 17.3. The maximum atomic E-state index is 11.6. The Balaban J connectivity index is 1.85. The van der Waals surface area contributed by atoms with Crippen LogP contribution in [0.15, 0.2) is 29.4 Å². The highest BCUT2D eigenvalue weighted by Crippen LogP contribution is 2.28. The predicted molar refractivity (Wildman–Crippen MR) is 85.8 cm³/mol. The molecule has 9 nitrogen and oxygen atoms in total. The lowest BCUT2D eigenvalue weighted by Gasteiger charge is -2.04. The Hall–Kier alpha value is -3.10. The van der Waals surface area contributed by atoms with Crippen molar-refractivity contribution in [1.29, 1.82) is 0 Å². The second-order valence-corrected chi connectivity index (χ2v) is 5.66. The fourth-order valence-corrected chi connectivity index (χ4v) is 2.28. The van der Waals surface area contributed by atoms with Gasteiger partial charge in [-0.15, -0.1) is 5.10 Å². The molecule has 1 heterocycles. The summed E-state index contributed by atoms with van der Waals surface area (Å²) in [7, 11) is 0. The van der Waals surface area contributed by atoms with Gasteiger partial charge in [0.1, 0.15) is 5.69 Å². The quantitative estimate of drug-likeness (QED) is 0.510. The van der Waals surface area contributed by atoms with Crippen LogP contribution in [0.5, 0.6) is 0 Å². The largest absolute Gasteiger partial charge is 0.273 e. The number of rotatable bonds is 5. The van der Waals surface area contributed by atoms with Gasteiger partial charge in [0.2, 0.25) is 5.91 Å². The van der Waals surface area contributed by atoms with E-state index in [9.17, 15) is 14.9 Å². The van der Waals surface area contributed by atoms with Crippen LogP contribution in [0.25, 0.3) is 5.69 Å². The van der Waals surface area contributed by atoms with Crippen molar-refractivity contribution in [3.8, 4) is 5.69 Å². The number of hydrogen-bond donors (Lipinski definition) is 1. The first-order valence-corrected chi connectivity index (χ1v) is 7.49. The van der Waals surface area contributed by atoms with E-state index in [0.29, 0.717) is 22.8 Å². The molecule has 1 saturated carbocycles. The van der Waals surface area contributed by atoms with Crippen molar-refractivity contribution in [3.63, 3.8) is 0 Å². The van der Waals surface area contributed by atoms with E-state index in [-0.39, 0.29) is 17.5 Å². The van der Waals surface area contributed by atoms with Gasteiger partial charge in [-0.3, -0.25) is 14.9 Å². The van der Waals surface area contributed by atoms with Crippen molar-refractivity contribution in [2.75, 3.05) is 0 Å². The molecule has 0 saturated heterocycles. The third-order valence-electron chi connectivity index (χ3n) is 3.80. The van der Waals surface area contributed by atoms with Gasteiger partial charge < -0.3 is 0 Å². The van der Waals surface area contributed by atoms with Crippen molar-refractivity contribution in [3.05, 3.63) is 45.8 Å². The molecule has 2 aromatic rings. The lowest BCUT2D eigenvalue weighted by atomic mass is 10.2. The van der Waals surface area contributed by atoms with Crippen LogP contribution in [-0.2, 0) is 4.79 Å². The van der Waals surface area contributed by atoms with Crippen LogP contribution in [0.1, 0.15) is 31.2 Å². The highest BCUT2D eigenvalue weighted by atomic mass is 16.6. The van der Waals surface area contributed by atoms with Gasteiger partial charge in [0.05, 0.1) is 22.0 Å². The van der Waals surface area contributed by atoms with Crippen molar-refractivity contribution < 1.29 is 9.72 Å². The molecule has 0 aliphatic heterocycles. The molecule has 0 bridgehead atoms. The first-order valence-electron chi connectivity index (χ1n) is 7.49. The molecule has 1 amide bonds. The number of nitrogens with zero attached hydrogens (tertiary/aromatic N) is 5. The second kappa shape index (κ2) is 6.19. The molecule has 1 aliphatic carbocycles. The molecule has 1 aliphatic rings. The molecule has 3 rings (SSSR count). The Morgan fingerprint density at radius 2 is 2.21 bits per heavy atom. The molecule has 0 radical (unpaired) electrons. The van der Waals surface area contributed by atoms with Crippen molar-refractivity contribution in [1.82, 2.24) is 20.4 Å². The third kappa shape index (κ3) is 3.14. The number of hydrogen-bond acceptors (Lipinski definition) is 6. The summed E-state index contributed by atoms with van der Waals surface area (Å²) >= 11 is 0. The summed E-state index contributed by atoms with van der Waals surface area (Å²) in [5.41, 5.74) is 4.77. The molecule has 0 spiro atoms. The monoisotopic (exact) mass is 328 g/mol. The molecule has 1 aromatic carbocycles. The minimum atomic E-state index is -0.462. The Labute approximate surface area is 137 Å². The third-order valence-corrected chi connectivity index (χ3v) is 3.80. The van der Waals surface area contributed by atoms with Gasteiger partial charge in [0.15, 0.2) is 0 Å². The molecular formula is C15H16N6O3. The van der Waals surface area contributed by atoms with Crippen LogP contribution in [0.4, 0.5) is 5.69 Å². The number of carbonyl (C=O) groups is 1. The summed E-state index contributed by atoms with van der Waals surface area (Å²) in [5.74, 6) is -0.0127. The Morgan fingerprint density at radius 1 is 1.46 bits per heavy atom. The van der Waals surface area contributed by atoms with E-state index in [2.05, 4.69) is 20.8 Å². The second-order valence-electron chi connectivity index (χ2n) is 5.66. The lowest BCUT2D eigenvalue weighted by Crippen LogP contribution is -2.21. The Kier molecular flexibility index (Phi) is 4.07. The van der Waals surface area contributed by atoms with Gasteiger partial charge >= 0.3 is 0 Å². The highest BCUT2D eigenvalue weighted by molar-refractivity contribution is 5.98. The predicted octanol–water partition coefficient (Wildman–Crippen LogP) is 1.73. The van der Waals surface area contributed by atoms with Crippen LogP contribution in [0.3, 0.4) is 0 Å². The van der Waals surface area contributed by atoms with Crippen LogP contribution in [0, 0.1) is 23.0 Å². The minimum absolute atomic E-state index is 0.0222. The van der Waals surface area contributed by atoms with Crippen LogP contribution in [-0.4, -0.2) is 31.5 Å². The Morgan fingerprint density at radius 3 is 2.88 bits per heavy atom. The average Bonchev–Trinajstić information content (AvgIpc) is 3.35. The average molecular weight is 328 g/mol. The molecule has 0 atom stereocenters. The zero-order valence-electron chi connectivity index (χ0n) is 13.3. The molecule has 24 heavy (non-hydrogen) atoms. The lowest BCUT2D eigenvalue weighted by molar-refractivity contribution is -0.384. The maximum Gasteiger partial charge on any atom is 0.271 e. The molecule has 1 N–H and O–H groups in total. The van der Waals surface area contributed by atoms with E-state index in [4.69, 9.17) is 0 Å². The summed E-state index contributed by atoms with van der Waals surface area (Å²) < 4.78 is 1.50. The van der Waals surface area contributed by atoms with Gasteiger partial charge in [0, 0.05) is 18.1 Å². The van der Waals surface area contributed by atoms with E-state index in [1.807, 2.05) is 0 Å². The van der Waals surface area contributed by atoms with Gasteiger partial charge in [-0.1, -0.05) is 11.3 Å². The summed E-state index contributed by atoms with van der Waals surface area (Å²) in [6, 6.07) is 6.13. The summed E-state index contributed by atoms with van der Waals surface area (Å²) in [5, 5.41) is 23.1. The van der Waals surface area contributed by atoms with E-state index >= 15 is 0 Å². The van der Waals surface area contributed by atoms with Gasteiger partial charge in [-0.05, 0) is 32.8 Å². The zero-order valence-corrected chi connectivity index (χ0v) is 13.3. The molecule has 9 heteroatoms. The normalized spacial score (nSPS) is 14.5. The van der Waals surface area contributed by atoms with Crippen molar-refractivity contribution in [2.24, 2.45) is 11.0 Å². The molecular weight excluding hydrogens is 312 g/mol. The van der Waals surface area contributed by atoms with E-state index in [1.54, 1.807) is 26.0 Å². The molecule has 1 fully saturated rings. The number of non-ortho nitro benzene ring substituents is 1. The maximum absolute atomic E-state index is 11.6. The SMILES string of the molecule is CC(=NNC(=O)C1CC1)c1nnn(-c2cccc([N+](=O)[O-])c2)c1C. The Bertz CT molecular complexity index is 837. The van der Waals surface area contributed by atoms with E-state index < -0.39 is 4.92 Å². The van der Waals surface area contributed by atoms with Crippen molar-refractivity contribution in [2.45, 2.75) is 26.7 Å². The number of benzene rings is 1. The van der Waals surface area contributed by atoms with Gasteiger partial charge in [-0.25, -0.2) is 10.1 Å². The van der Waals surface area contributed by atoms with Crippen LogP contribution in [0.2, 0.25) is 0 Å². The highest BCUT2D eigenvalue weighted by Gasteiger charge is 2.29. The number of carbonyl (C=O) groups excluding carboxylic acids is 1. The fourth-order valence-electron chi connectivity index (χ4n) is 2.28. The standard InChI is InChI=1S/C15H16N6O3/c1-9(16-18-15(22)11-6-7-11)14-10(2)20(19-17-14)12-4-3-5-13(8-12)21(23)24/h3-5,8,11H,6-7H2,1-2H3,(H,18,22). The van der Waals surface area contributed by atoms with Crippen LogP contribution < -0.4 is 5.43 Å². The first kappa shape index (κ1) is 15.8. The van der Waals surface area contributed by atoms with Crippen LogP contribution >= 0.6 is 0 Å². The van der Waals surface area contributed by atoms with E-state index in [1.165, 1.54) is 16.8 Å². The van der Waals surface area contributed by atoms with E-state index in [0.717, 1.165) is 12.8 Å². The number of hydrazone groups is 1. The number of nitro benzene ring substituents is 1. The fraction of sp³-hybridized carbons (Fsp3) is 0.333. The first-order chi connectivity index (χ1) is 11.5. The summed E-state index contributed by atoms with van der Waals surface area (Å²) in [6.45, 7) is 3.51. The number of nitro groups is 1. The summed E-state index contributed by atoms with van der Waals surface area (Å²) in [4.78, 5) is 22.1. The molecule has 0 unspecified atom stereocenters. The number of aromatic nitrogens is 3. The molecule has 124 valence electrons. The van der Waals surface area contributed by atoms with Gasteiger partial charge in [0.25, 0.3) is 5.69 Å². The number of amides is 1. The number of nitrogens with one attached hydrogen (secondary N) is 1. The minimum Gasteiger partial charge on any atom is -0.273 e. The molecule has 1 aromatic heterocycles. The van der Waals surface area contributed by atoms with Gasteiger partial charge in [-0.2, -0.15) is 5.10 Å².